The van der Waals surface area contributed by atoms with Crippen molar-refractivity contribution in [2.75, 3.05) is 5.32 Å². The molecule has 4 heteroatoms. The second-order valence-electron chi connectivity index (χ2n) is 6.67. The van der Waals surface area contributed by atoms with E-state index in [9.17, 15) is 4.79 Å². The van der Waals surface area contributed by atoms with Crippen molar-refractivity contribution in [3.8, 4) is 0 Å². The second kappa shape index (κ2) is 5.74. The van der Waals surface area contributed by atoms with Crippen LogP contribution in [0.2, 0.25) is 0 Å². The standard InChI is InChI=1S/C17H25N3O/c1-4-5-6-13-10(2)9-12-7-8-14-15(12)16(13)20-17(19-14)18-11(3)21/h10,12-13H,4-9H2,1-3H3,(H,18,19,20,21)/t10-,12+,13+/m1/s1. The molecule has 3 rings (SSSR count). The Morgan fingerprint density at radius 2 is 2.19 bits per heavy atom. The van der Waals surface area contributed by atoms with E-state index in [1.54, 1.807) is 0 Å². The Morgan fingerprint density at radius 3 is 2.90 bits per heavy atom. The van der Waals surface area contributed by atoms with Gasteiger partial charge in [0.05, 0.1) is 5.69 Å². The summed E-state index contributed by atoms with van der Waals surface area (Å²) in [6.45, 7) is 6.12. The first kappa shape index (κ1) is 14.5. The van der Waals surface area contributed by atoms with E-state index in [-0.39, 0.29) is 5.91 Å². The Morgan fingerprint density at radius 1 is 1.38 bits per heavy atom. The van der Waals surface area contributed by atoms with Crippen LogP contribution in [-0.4, -0.2) is 15.9 Å². The third-order valence-corrected chi connectivity index (χ3v) is 5.04. The average molecular weight is 287 g/mol. The molecule has 3 atom stereocenters. The zero-order valence-corrected chi connectivity index (χ0v) is 13.3. The van der Waals surface area contributed by atoms with Gasteiger partial charge in [-0.2, -0.15) is 0 Å². The van der Waals surface area contributed by atoms with Gasteiger partial charge in [0, 0.05) is 18.5 Å². The van der Waals surface area contributed by atoms with E-state index >= 15 is 0 Å². The van der Waals surface area contributed by atoms with Crippen LogP contribution in [0.4, 0.5) is 5.95 Å². The van der Waals surface area contributed by atoms with Crippen LogP contribution in [0.1, 0.15) is 81.7 Å². The van der Waals surface area contributed by atoms with Crippen molar-refractivity contribution in [3.63, 3.8) is 0 Å². The van der Waals surface area contributed by atoms with Crippen LogP contribution in [0.15, 0.2) is 0 Å². The number of aryl methyl sites for hydroxylation is 1. The normalized spacial score (nSPS) is 26.5. The van der Waals surface area contributed by atoms with Gasteiger partial charge in [0.2, 0.25) is 11.9 Å². The Hall–Kier alpha value is -1.45. The van der Waals surface area contributed by atoms with Gasteiger partial charge in [-0.25, -0.2) is 9.97 Å². The minimum atomic E-state index is -0.0920. The Balaban J connectivity index is 2.01. The maximum Gasteiger partial charge on any atom is 0.229 e. The van der Waals surface area contributed by atoms with Crippen molar-refractivity contribution in [1.82, 2.24) is 9.97 Å². The lowest BCUT2D eigenvalue weighted by Crippen LogP contribution is -2.24. The number of anilines is 1. The van der Waals surface area contributed by atoms with Crippen LogP contribution in [-0.2, 0) is 11.2 Å². The number of hydrogen-bond donors (Lipinski definition) is 1. The Bertz CT molecular complexity index is 555. The lowest BCUT2D eigenvalue weighted by atomic mass is 9.72. The van der Waals surface area contributed by atoms with Gasteiger partial charge in [-0.05, 0) is 43.1 Å². The van der Waals surface area contributed by atoms with Gasteiger partial charge in [0.25, 0.3) is 0 Å². The van der Waals surface area contributed by atoms with E-state index in [2.05, 4.69) is 24.1 Å². The monoisotopic (exact) mass is 287 g/mol. The predicted octanol–water partition coefficient (Wildman–Crippen LogP) is 3.78. The highest BCUT2D eigenvalue weighted by Gasteiger charge is 2.38. The number of nitrogens with zero attached hydrogens (tertiary/aromatic N) is 2. The first-order valence-electron chi connectivity index (χ1n) is 8.28. The topological polar surface area (TPSA) is 54.9 Å². The van der Waals surface area contributed by atoms with Crippen molar-refractivity contribution < 1.29 is 4.79 Å². The fourth-order valence-corrected chi connectivity index (χ4v) is 4.09. The van der Waals surface area contributed by atoms with Gasteiger partial charge in [-0.3, -0.25) is 10.1 Å². The molecule has 1 amide bonds. The Kier molecular flexibility index (Phi) is 3.96. The highest BCUT2D eigenvalue weighted by Crippen LogP contribution is 2.49. The lowest BCUT2D eigenvalue weighted by Gasteiger charge is -2.34. The fraction of sp³-hybridized carbons (Fsp3) is 0.706. The minimum Gasteiger partial charge on any atom is -0.295 e. The first-order chi connectivity index (χ1) is 10.1. The largest absolute Gasteiger partial charge is 0.295 e. The summed E-state index contributed by atoms with van der Waals surface area (Å²) in [5.74, 6) is 2.27. The number of unbranched alkanes of at least 4 members (excludes halogenated alkanes) is 1. The number of carbonyl (C=O) groups excluding carboxylic acids is 1. The molecule has 0 aromatic carbocycles. The summed E-state index contributed by atoms with van der Waals surface area (Å²) >= 11 is 0. The molecule has 0 aliphatic heterocycles. The van der Waals surface area contributed by atoms with E-state index in [1.165, 1.54) is 56.0 Å². The van der Waals surface area contributed by atoms with Crippen LogP contribution in [0, 0.1) is 5.92 Å². The molecule has 0 fully saturated rings. The molecule has 4 nitrogen and oxygen atoms in total. The Labute approximate surface area is 126 Å². The number of nitrogens with one attached hydrogen (secondary N) is 1. The SMILES string of the molecule is CCCC[C@@H]1c2nc(NC(C)=O)nc3c2[C@@H](CC3)C[C@H]1C. The molecule has 1 aromatic heterocycles. The molecule has 2 aliphatic rings. The molecular formula is C17H25N3O. The summed E-state index contributed by atoms with van der Waals surface area (Å²) < 4.78 is 0. The van der Waals surface area contributed by atoms with Gasteiger partial charge in [0.1, 0.15) is 0 Å². The molecule has 1 heterocycles. The van der Waals surface area contributed by atoms with Crippen molar-refractivity contribution in [2.45, 2.75) is 71.1 Å². The fourth-order valence-electron chi connectivity index (χ4n) is 4.09. The molecule has 0 spiro atoms. The van der Waals surface area contributed by atoms with Crippen LogP contribution < -0.4 is 5.32 Å². The van der Waals surface area contributed by atoms with E-state index in [1.807, 2.05) is 0 Å². The molecule has 1 N–H and O–H groups in total. The van der Waals surface area contributed by atoms with E-state index in [4.69, 9.17) is 4.98 Å². The van der Waals surface area contributed by atoms with Gasteiger partial charge in [0.15, 0.2) is 0 Å². The maximum absolute atomic E-state index is 11.3. The quantitative estimate of drug-likeness (QED) is 0.917. The third-order valence-electron chi connectivity index (χ3n) is 5.04. The molecule has 2 aliphatic carbocycles. The van der Waals surface area contributed by atoms with Crippen LogP contribution in [0.25, 0.3) is 0 Å². The lowest BCUT2D eigenvalue weighted by molar-refractivity contribution is -0.114. The smallest absolute Gasteiger partial charge is 0.229 e. The molecule has 0 unspecified atom stereocenters. The van der Waals surface area contributed by atoms with Gasteiger partial charge >= 0.3 is 0 Å². The number of aromatic nitrogens is 2. The summed E-state index contributed by atoms with van der Waals surface area (Å²) in [6, 6.07) is 0. The summed E-state index contributed by atoms with van der Waals surface area (Å²) in [5, 5.41) is 2.78. The number of hydrogen-bond acceptors (Lipinski definition) is 3. The zero-order chi connectivity index (χ0) is 15.0. The molecule has 0 radical (unpaired) electrons. The summed E-state index contributed by atoms with van der Waals surface area (Å²) in [7, 11) is 0. The summed E-state index contributed by atoms with van der Waals surface area (Å²) in [5.41, 5.74) is 3.84. The average Bonchev–Trinajstić information content (AvgIpc) is 2.81. The van der Waals surface area contributed by atoms with Crippen LogP contribution in [0.3, 0.4) is 0 Å². The molecule has 0 bridgehead atoms. The zero-order valence-electron chi connectivity index (χ0n) is 13.3. The molecule has 1 aromatic rings. The van der Waals surface area contributed by atoms with E-state index < -0.39 is 0 Å². The van der Waals surface area contributed by atoms with Crippen molar-refractivity contribution in [1.29, 1.82) is 0 Å². The van der Waals surface area contributed by atoms with E-state index in [0.29, 0.717) is 23.7 Å². The minimum absolute atomic E-state index is 0.0920. The molecule has 0 saturated carbocycles. The van der Waals surface area contributed by atoms with Crippen LogP contribution >= 0.6 is 0 Å². The van der Waals surface area contributed by atoms with Gasteiger partial charge in [-0.15, -0.1) is 0 Å². The number of amides is 1. The predicted molar refractivity (Wildman–Crippen MR) is 83.4 cm³/mol. The summed E-state index contributed by atoms with van der Waals surface area (Å²) in [6.07, 6.45) is 7.18. The van der Waals surface area contributed by atoms with Crippen molar-refractivity contribution >= 4 is 11.9 Å². The van der Waals surface area contributed by atoms with Crippen LogP contribution in [0.5, 0.6) is 0 Å². The van der Waals surface area contributed by atoms with Crippen molar-refractivity contribution in [2.24, 2.45) is 5.92 Å². The highest BCUT2D eigenvalue weighted by molar-refractivity contribution is 5.86. The molecular weight excluding hydrogens is 262 g/mol. The first-order valence-corrected chi connectivity index (χ1v) is 8.28. The summed E-state index contributed by atoms with van der Waals surface area (Å²) in [4.78, 5) is 20.6. The third kappa shape index (κ3) is 2.68. The van der Waals surface area contributed by atoms with Gasteiger partial charge < -0.3 is 0 Å². The molecule has 0 saturated heterocycles. The maximum atomic E-state index is 11.3. The van der Waals surface area contributed by atoms with Crippen molar-refractivity contribution in [3.05, 3.63) is 17.0 Å². The number of rotatable bonds is 4. The van der Waals surface area contributed by atoms with E-state index in [0.717, 1.165) is 6.42 Å². The molecule has 114 valence electrons. The second-order valence-corrected chi connectivity index (χ2v) is 6.67. The number of carbonyl (C=O) groups is 1. The molecule has 21 heavy (non-hydrogen) atoms. The van der Waals surface area contributed by atoms with Gasteiger partial charge in [-0.1, -0.05) is 26.7 Å². The highest BCUT2D eigenvalue weighted by atomic mass is 16.1.